The van der Waals surface area contributed by atoms with E-state index in [0.29, 0.717) is 18.7 Å². The van der Waals surface area contributed by atoms with Crippen LogP contribution in [-0.4, -0.2) is 21.0 Å². The molecule has 0 radical (unpaired) electrons. The minimum Gasteiger partial charge on any atom is -0.294 e. The molecule has 0 atom stereocenters. The van der Waals surface area contributed by atoms with Crippen LogP contribution in [0.5, 0.6) is 0 Å². The van der Waals surface area contributed by atoms with Gasteiger partial charge in [0.2, 0.25) is 0 Å². The molecule has 5 heteroatoms. The van der Waals surface area contributed by atoms with Crippen LogP contribution in [0, 0.1) is 19.7 Å². The fourth-order valence-corrected chi connectivity index (χ4v) is 4.93. The number of rotatable bonds is 5. The van der Waals surface area contributed by atoms with Gasteiger partial charge in [-0.2, -0.15) is 0 Å². The van der Waals surface area contributed by atoms with Crippen LogP contribution in [0.25, 0.3) is 0 Å². The summed E-state index contributed by atoms with van der Waals surface area (Å²) in [5, 5.41) is 0. The average molecular weight is 454 g/mol. The summed E-state index contributed by atoms with van der Waals surface area (Å²) in [7, 11) is 0. The smallest absolute Gasteiger partial charge is 0.259 e. The number of benzene rings is 3. The summed E-state index contributed by atoms with van der Waals surface area (Å²) < 4.78 is 15.5. The molecular formula is C29H28FN3O. The van der Waals surface area contributed by atoms with Gasteiger partial charge >= 0.3 is 0 Å². The van der Waals surface area contributed by atoms with Gasteiger partial charge in [-0.15, -0.1) is 0 Å². The standard InChI is InChI=1S/C29H28FN3O/c1-20-17-22(13-14-26(20)30)18-32-16-15-27-25(19-32)29(34)33(21(2)31-27)28(23-9-5-3-6-10-23)24-11-7-4-8-12-24/h3-14,17,28H,15-16,18-19H2,1-2H3. The molecule has 1 aromatic heterocycles. The number of hydrogen-bond acceptors (Lipinski definition) is 3. The molecule has 0 amide bonds. The largest absolute Gasteiger partial charge is 0.294 e. The first-order chi connectivity index (χ1) is 16.5. The fourth-order valence-electron chi connectivity index (χ4n) is 4.93. The highest BCUT2D eigenvalue weighted by molar-refractivity contribution is 5.35. The minimum atomic E-state index is -0.247. The summed E-state index contributed by atoms with van der Waals surface area (Å²) in [6.07, 6.45) is 0.730. The molecule has 0 aliphatic carbocycles. The van der Waals surface area contributed by atoms with Crippen molar-refractivity contribution in [2.24, 2.45) is 0 Å². The van der Waals surface area contributed by atoms with Gasteiger partial charge in [0.1, 0.15) is 11.6 Å². The Hall–Kier alpha value is -3.57. The molecule has 0 bridgehead atoms. The molecule has 172 valence electrons. The summed E-state index contributed by atoms with van der Waals surface area (Å²) >= 11 is 0. The second-order valence-corrected chi connectivity index (χ2v) is 9.03. The van der Waals surface area contributed by atoms with Crippen LogP contribution in [0.3, 0.4) is 0 Å². The summed E-state index contributed by atoms with van der Waals surface area (Å²) in [6, 6.07) is 25.2. The molecule has 0 saturated carbocycles. The molecule has 0 N–H and O–H groups in total. The van der Waals surface area contributed by atoms with Crippen LogP contribution in [-0.2, 0) is 19.5 Å². The van der Waals surface area contributed by atoms with E-state index in [9.17, 15) is 9.18 Å². The van der Waals surface area contributed by atoms with E-state index in [1.54, 1.807) is 6.92 Å². The fraction of sp³-hybridized carbons (Fsp3) is 0.241. The molecule has 0 fully saturated rings. The highest BCUT2D eigenvalue weighted by Crippen LogP contribution is 2.27. The van der Waals surface area contributed by atoms with Crippen LogP contribution in [0.15, 0.2) is 83.7 Å². The molecular weight excluding hydrogens is 425 g/mol. The van der Waals surface area contributed by atoms with E-state index in [1.807, 2.05) is 60.0 Å². The molecule has 1 aliphatic heterocycles. The van der Waals surface area contributed by atoms with Crippen molar-refractivity contribution in [1.82, 2.24) is 14.5 Å². The molecule has 0 unspecified atom stereocenters. The van der Waals surface area contributed by atoms with Crippen molar-refractivity contribution in [3.8, 4) is 0 Å². The van der Waals surface area contributed by atoms with Crippen molar-refractivity contribution in [2.45, 2.75) is 39.4 Å². The normalized spacial score (nSPS) is 13.8. The number of aryl methyl sites for hydroxylation is 2. The topological polar surface area (TPSA) is 38.1 Å². The Morgan fingerprint density at radius 3 is 2.21 bits per heavy atom. The summed E-state index contributed by atoms with van der Waals surface area (Å²) in [5.41, 5.74) is 5.46. The van der Waals surface area contributed by atoms with Gasteiger partial charge in [0.25, 0.3) is 5.56 Å². The third kappa shape index (κ3) is 4.31. The Morgan fingerprint density at radius 1 is 0.941 bits per heavy atom. The second-order valence-electron chi connectivity index (χ2n) is 9.03. The minimum absolute atomic E-state index is 0.0141. The van der Waals surface area contributed by atoms with E-state index < -0.39 is 0 Å². The average Bonchev–Trinajstić information content (AvgIpc) is 2.85. The third-order valence-electron chi connectivity index (χ3n) is 6.63. The summed E-state index contributed by atoms with van der Waals surface area (Å²) in [4.78, 5) is 21.1. The van der Waals surface area contributed by atoms with E-state index >= 15 is 0 Å². The predicted molar refractivity (Wildman–Crippen MR) is 132 cm³/mol. The summed E-state index contributed by atoms with van der Waals surface area (Å²) in [5.74, 6) is 0.534. The second kappa shape index (κ2) is 9.35. The Kier molecular flexibility index (Phi) is 6.12. The van der Waals surface area contributed by atoms with Crippen molar-refractivity contribution in [2.75, 3.05) is 6.54 Å². The molecule has 34 heavy (non-hydrogen) atoms. The number of fused-ring (bicyclic) bond motifs is 1. The monoisotopic (exact) mass is 453 g/mol. The molecule has 2 heterocycles. The van der Waals surface area contributed by atoms with Crippen molar-refractivity contribution >= 4 is 0 Å². The number of halogens is 1. The van der Waals surface area contributed by atoms with E-state index in [1.165, 1.54) is 6.07 Å². The maximum absolute atomic E-state index is 14.0. The molecule has 4 aromatic rings. The number of aromatic nitrogens is 2. The number of hydrogen-bond donors (Lipinski definition) is 0. The maximum Gasteiger partial charge on any atom is 0.259 e. The van der Waals surface area contributed by atoms with Crippen LogP contribution in [0.2, 0.25) is 0 Å². The van der Waals surface area contributed by atoms with Crippen molar-refractivity contribution in [1.29, 1.82) is 0 Å². The van der Waals surface area contributed by atoms with Crippen LogP contribution < -0.4 is 5.56 Å². The zero-order chi connectivity index (χ0) is 23.7. The quantitative estimate of drug-likeness (QED) is 0.417. The van der Waals surface area contributed by atoms with E-state index in [0.717, 1.165) is 46.7 Å². The SMILES string of the molecule is Cc1cc(CN2CCc3nc(C)n(C(c4ccccc4)c4ccccc4)c(=O)c3C2)ccc1F. The van der Waals surface area contributed by atoms with Crippen molar-refractivity contribution in [3.63, 3.8) is 0 Å². The van der Waals surface area contributed by atoms with E-state index in [-0.39, 0.29) is 17.4 Å². The Labute approximate surface area is 199 Å². The van der Waals surface area contributed by atoms with Gasteiger partial charge in [-0.1, -0.05) is 72.8 Å². The maximum atomic E-state index is 14.0. The van der Waals surface area contributed by atoms with Crippen LogP contribution in [0.4, 0.5) is 4.39 Å². The molecule has 5 rings (SSSR count). The first-order valence-corrected chi connectivity index (χ1v) is 11.7. The summed E-state index contributed by atoms with van der Waals surface area (Å²) in [6.45, 7) is 5.74. The molecule has 1 aliphatic rings. The predicted octanol–water partition coefficient (Wildman–Crippen LogP) is 5.20. The van der Waals surface area contributed by atoms with Crippen molar-refractivity contribution in [3.05, 3.63) is 134 Å². The van der Waals surface area contributed by atoms with E-state index in [4.69, 9.17) is 4.98 Å². The first-order valence-electron chi connectivity index (χ1n) is 11.7. The molecule has 4 nitrogen and oxygen atoms in total. The zero-order valence-electron chi connectivity index (χ0n) is 19.5. The van der Waals surface area contributed by atoms with Crippen LogP contribution in [0.1, 0.15) is 45.4 Å². The lowest BCUT2D eigenvalue weighted by Gasteiger charge is -2.30. The Balaban J connectivity index is 1.54. The van der Waals surface area contributed by atoms with Gasteiger partial charge in [0.15, 0.2) is 0 Å². The van der Waals surface area contributed by atoms with Gasteiger partial charge in [0.05, 0.1) is 17.3 Å². The Bertz CT molecular complexity index is 1330. The first kappa shape index (κ1) is 22.2. The molecule has 0 spiro atoms. The van der Waals surface area contributed by atoms with Crippen molar-refractivity contribution < 1.29 is 4.39 Å². The van der Waals surface area contributed by atoms with Gasteiger partial charge in [-0.25, -0.2) is 9.37 Å². The molecule has 3 aromatic carbocycles. The number of nitrogens with zero attached hydrogens (tertiary/aromatic N) is 3. The van der Waals surface area contributed by atoms with Gasteiger partial charge in [-0.05, 0) is 42.2 Å². The van der Waals surface area contributed by atoms with E-state index in [2.05, 4.69) is 29.2 Å². The van der Waals surface area contributed by atoms with Gasteiger partial charge < -0.3 is 0 Å². The lowest BCUT2D eigenvalue weighted by molar-refractivity contribution is 0.240. The zero-order valence-corrected chi connectivity index (χ0v) is 19.5. The lowest BCUT2D eigenvalue weighted by Crippen LogP contribution is -2.40. The highest BCUT2D eigenvalue weighted by Gasteiger charge is 2.27. The lowest BCUT2D eigenvalue weighted by atomic mass is 9.97. The Morgan fingerprint density at radius 2 is 1.59 bits per heavy atom. The van der Waals surface area contributed by atoms with Gasteiger partial charge in [-0.3, -0.25) is 14.3 Å². The third-order valence-corrected chi connectivity index (χ3v) is 6.63. The molecule has 0 saturated heterocycles. The highest BCUT2D eigenvalue weighted by atomic mass is 19.1. The van der Waals surface area contributed by atoms with Gasteiger partial charge in [0, 0.05) is 26.1 Å². The van der Waals surface area contributed by atoms with Crippen LogP contribution >= 0.6 is 0 Å².